The Morgan fingerprint density at radius 3 is 2.52 bits per heavy atom. The zero-order chi connectivity index (χ0) is 18.4. The molecule has 134 valence electrons. The fourth-order valence-corrected chi connectivity index (χ4v) is 2.40. The van der Waals surface area contributed by atoms with Crippen molar-refractivity contribution in [3.63, 3.8) is 0 Å². The molecule has 1 N–H and O–H groups in total. The highest BCUT2D eigenvalue weighted by Gasteiger charge is 2.18. The molecule has 0 saturated heterocycles. The number of carbonyl (C=O) groups excluding carboxylic acids is 1. The lowest BCUT2D eigenvalue weighted by Crippen LogP contribution is -2.39. The highest BCUT2D eigenvalue weighted by Crippen LogP contribution is 2.16. The van der Waals surface area contributed by atoms with Gasteiger partial charge in [-0.3, -0.25) is 9.69 Å². The van der Waals surface area contributed by atoms with E-state index in [1.807, 2.05) is 50.1 Å². The fraction of sp³-hybridized carbons (Fsp3) is 0.350. The van der Waals surface area contributed by atoms with Crippen molar-refractivity contribution in [2.75, 3.05) is 19.0 Å². The number of halogens is 1. The molecular weight excluding hydrogens is 319 g/mol. The lowest BCUT2D eigenvalue weighted by atomic mass is 10.1. The van der Waals surface area contributed by atoms with Crippen molar-refractivity contribution in [3.05, 3.63) is 59.4 Å². The van der Waals surface area contributed by atoms with E-state index in [2.05, 4.69) is 5.32 Å². The standard InChI is InChI=1S/C20H25FN2O2/c1-5-25-18-10-7-16(8-11-18)13-23(4)15(3)20(24)22-17-9-6-14(2)19(21)12-17/h6-12,15H,5,13H2,1-4H3,(H,22,24)/t15-/m1/s1. The molecule has 0 aromatic heterocycles. The molecule has 2 aromatic carbocycles. The Kier molecular flexibility index (Phi) is 6.53. The van der Waals surface area contributed by atoms with Gasteiger partial charge in [0.25, 0.3) is 0 Å². The van der Waals surface area contributed by atoms with Crippen LogP contribution < -0.4 is 10.1 Å². The van der Waals surface area contributed by atoms with Crippen LogP contribution in [0, 0.1) is 12.7 Å². The first-order valence-corrected chi connectivity index (χ1v) is 8.39. The third-order valence-corrected chi connectivity index (χ3v) is 4.15. The summed E-state index contributed by atoms with van der Waals surface area (Å²) in [6.07, 6.45) is 0. The van der Waals surface area contributed by atoms with Crippen LogP contribution in [0.4, 0.5) is 10.1 Å². The third kappa shape index (κ3) is 5.29. The largest absolute Gasteiger partial charge is 0.494 e. The van der Waals surface area contributed by atoms with Crippen molar-refractivity contribution in [3.8, 4) is 5.75 Å². The number of anilines is 1. The Morgan fingerprint density at radius 2 is 1.92 bits per heavy atom. The van der Waals surface area contributed by atoms with Gasteiger partial charge in [0.15, 0.2) is 0 Å². The van der Waals surface area contributed by atoms with E-state index in [0.29, 0.717) is 24.4 Å². The molecular formula is C20H25FN2O2. The Balaban J connectivity index is 1.94. The SMILES string of the molecule is CCOc1ccc(CN(C)[C@H](C)C(=O)Nc2ccc(C)c(F)c2)cc1. The van der Waals surface area contributed by atoms with Gasteiger partial charge in [-0.05, 0) is 63.2 Å². The number of benzene rings is 2. The van der Waals surface area contributed by atoms with Crippen molar-refractivity contribution in [1.82, 2.24) is 4.90 Å². The van der Waals surface area contributed by atoms with Crippen LogP contribution in [0.5, 0.6) is 5.75 Å². The molecule has 5 heteroatoms. The minimum atomic E-state index is -0.351. The van der Waals surface area contributed by atoms with E-state index in [1.165, 1.54) is 6.07 Å². The van der Waals surface area contributed by atoms with Crippen LogP contribution >= 0.6 is 0 Å². The van der Waals surface area contributed by atoms with Gasteiger partial charge in [0.2, 0.25) is 5.91 Å². The number of rotatable bonds is 7. The van der Waals surface area contributed by atoms with E-state index in [9.17, 15) is 9.18 Å². The number of nitrogens with zero attached hydrogens (tertiary/aromatic N) is 1. The maximum atomic E-state index is 13.6. The van der Waals surface area contributed by atoms with E-state index in [-0.39, 0.29) is 17.8 Å². The minimum Gasteiger partial charge on any atom is -0.494 e. The molecule has 0 fully saturated rings. The van der Waals surface area contributed by atoms with Gasteiger partial charge < -0.3 is 10.1 Å². The maximum Gasteiger partial charge on any atom is 0.241 e. The zero-order valence-electron chi connectivity index (χ0n) is 15.2. The summed E-state index contributed by atoms with van der Waals surface area (Å²) in [5.41, 5.74) is 2.11. The summed E-state index contributed by atoms with van der Waals surface area (Å²) >= 11 is 0. The van der Waals surface area contributed by atoms with Crippen LogP contribution in [-0.2, 0) is 11.3 Å². The van der Waals surface area contributed by atoms with Gasteiger partial charge in [-0.25, -0.2) is 4.39 Å². The molecule has 0 bridgehead atoms. The van der Waals surface area contributed by atoms with Crippen LogP contribution in [0.25, 0.3) is 0 Å². The van der Waals surface area contributed by atoms with Gasteiger partial charge >= 0.3 is 0 Å². The Bertz CT molecular complexity index is 716. The summed E-state index contributed by atoms with van der Waals surface area (Å²) in [5, 5.41) is 2.76. The lowest BCUT2D eigenvalue weighted by Gasteiger charge is -2.24. The zero-order valence-corrected chi connectivity index (χ0v) is 15.2. The second-order valence-corrected chi connectivity index (χ2v) is 6.12. The predicted molar refractivity (Wildman–Crippen MR) is 98.3 cm³/mol. The number of carbonyl (C=O) groups is 1. The van der Waals surface area contributed by atoms with Crippen molar-refractivity contribution in [2.45, 2.75) is 33.4 Å². The quantitative estimate of drug-likeness (QED) is 0.826. The first-order valence-electron chi connectivity index (χ1n) is 8.39. The number of likely N-dealkylation sites (N-methyl/N-ethyl adjacent to an activating group) is 1. The third-order valence-electron chi connectivity index (χ3n) is 4.15. The smallest absolute Gasteiger partial charge is 0.241 e. The molecule has 1 atom stereocenters. The first kappa shape index (κ1) is 18.9. The molecule has 0 aliphatic carbocycles. The molecule has 1 amide bonds. The van der Waals surface area contributed by atoms with Gasteiger partial charge in [0, 0.05) is 12.2 Å². The molecule has 0 aliphatic heterocycles. The predicted octanol–water partition coefficient (Wildman–Crippen LogP) is 3.99. The maximum absolute atomic E-state index is 13.6. The second-order valence-electron chi connectivity index (χ2n) is 6.12. The molecule has 0 heterocycles. The molecule has 0 saturated carbocycles. The van der Waals surface area contributed by atoms with Crippen LogP contribution in [0.3, 0.4) is 0 Å². The molecule has 25 heavy (non-hydrogen) atoms. The summed E-state index contributed by atoms with van der Waals surface area (Å²) in [7, 11) is 1.89. The molecule has 2 rings (SSSR count). The van der Waals surface area contributed by atoms with Crippen LogP contribution in [-0.4, -0.2) is 30.5 Å². The summed E-state index contributed by atoms with van der Waals surface area (Å²) in [5.74, 6) is 0.339. The summed E-state index contributed by atoms with van der Waals surface area (Å²) in [6, 6.07) is 12.2. The molecule has 4 nitrogen and oxygen atoms in total. The number of hydrogen-bond donors (Lipinski definition) is 1. The highest BCUT2D eigenvalue weighted by atomic mass is 19.1. The van der Waals surface area contributed by atoms with E-state index < -0.39 is 0 Å². The van der Waals surface area contributed by atoms with E-state index in [0.717, 1.165) is 11.3 Å². The number of hydrogen-bond acceptors (Lipinski definition) is 3. The average Bonchev–Trinajstić information content (AvgIpc) is 2.59. The number of nitrogens with one attached hydrogen (secondary N) is 1. The van der Waals surface area contributed by atoms with Gasteiger partial charge in [0.05, 0.1) is 12.6 Å². The number of ether oxygens (including phenoxy) is 1. The van der Waals surface area contributed by atoms with Crippen LogP contribution in [0.15, 0.2) is 42.5 Å². The second kappa shape index (κ2) is 8.62. The van der Waals surface area contributed by atoms with Gasteiger partial charge in [-0.1, -0.05) is 18.2 Å². The van der Waals surface area contributed by atoms with Crippen LogP contribution in [0.1, 0.15) is 25.0 Å². The lowest BCUT2D eigenvalue weighted by molar-refractivity contribution is -0.120. The van der Waals surface area contributed by atoms with Gasteiger partial charge in [-0.2, -0.15) is 0 Å². The average molecular weight is 344 g/mol. The summed E-state index contributed by atoms with van der Waals surface area (Å²) in [4.78, 5) is 14.3. The monoisotopic (exact) mass is 344 g/mol. The minimum absolute atomic E-state index is 0.170. The molecule has 0 spiro atoms. The fourth-order valence-electron chi connectivity index (χ4n) is 2.40. The summed E-state index contributed by atoms with van der Waals surface area (Å²) < 4.78 is 19.0. The number of amides is 1. The highest BCUT2D eigenvalue weighted by molar-refractivity contribution is 5.94. The van der Waals surface area contributed by atoms with Gasteiger partial charge in [0.1, 0.15) is 11.6 Å². The Morgan fingerprint density at radius 1 is 1.24 bits per heavy atom. The van der Waals surface area contributed by atoms with E-state index in [4.69, 9.17) is 4.74 Å². The van der Waals surface area contributed by atoms with Crippen molar-refractivity contribution in [1.29, 1.82) is 0 Å². The van der Waals surface area contributed by atoms with E-state index in [1.54, 1.807) is 19.1 Å². The topological polar surface area (TPSA) is 41.6 Å². The molecule has 0 aliphatic rings. The summed E-state index contributed by atoms with van der Waals surface area (Å²) in [6.45, 7) is 6.73. The van der Waals surface area contributed by atoms with Crippen molar-refractivity contribution >= 4 is 11.6 Å². The molecule has 2 aromatic rings. The van der Waals surface area contributed by atoms with Crippen LogP contribution in [0.2, 0.25) is 0 Å². The normalized spacial score (nSPS) is 12.1. The van der Waals surface area contributed by atoms with Crippen molar-refractivity contribution < 1.29 is 13.9 Å². The van der Waals surface area contributed by atoms with E-state index >= 15 is 0 Å². The van der Waals surface area contributed by atoms with Gasteiger partial charge in [-0.15, -0.1) is 0 Å². The Hall–Kier alpha value is -2.40. The first-order chi connectivity index (χ1) is 11.9. The number of aryl methyl sites for hydroxylation is 1. The molecule has 0 radical (unpaired) electrons. The molecule has 0 unspecified atom stereocenters. The van der Waals surface area contributed by atoms with Crippen molar-refractivity contribution in [2.24, 2.45) is 0 Å². The Labute approximate surface area is 148 Å².